The molecule has 0 spiro atoms. The quantitative estimate of drug-likeness (QED) is 0.663. The molecule has 4 atom stereocenters. The van der Waals surface area contributed by atoms with E-state index in [1.54, 1.807) is 0 Å². The average molecular weight is 445 g/mol. The van der Waals surface area contributed by atoms with Gasteiger partial charge in [0.1, 0.15) is 12.2 Å². The zero-order chi connectivity index (χ0) is 19.3. The van der Waals surface area contributed by atoms with Gasteiger partial charge in [-0.1, -0.05) is 52.3 Å². The fourth-order valence-electron chi connectivity index (χ4n) is 4.08. The Labute approximate surface area is 169 Å². The molecule has 2 aromatic carbocycles. The van der Waals surface area contributed by atoms with E-state index >= 15 is 0 Å². The van der Waals surface area contributed by atoms with Crippen LogP contribution in [0.15, 0.2) is 53.0 Å². The lowest BCUT2D eigenvalue weighted by Crippen LogP contribution is -2.48. The summed E-state index contributed by atoms with van der Waals surface area (Å²) in [5.41, 5.74) is 2.10. The molecule has 3 fully saturated rings. The third-order valence-electron chi connectivity index (χ3n) is 5.55. The Morgan fingerprint density at radius 3 is 2.18 bits per heavy atom. The third kappa shape index (κ3) is 2.99. The summed E-state index contributed by atoms with van der Waals surface area (Å²) in [7, 11) is 0. The Hall–Kier alpha value is -2.38. The van der Waals surface area contributed by atoms with Crippen molar-refractivity contribution in [3.63, 3.8) is 0 Å². The molecule has 0 radical (unpaired) electrons. The molecule has 1 aliphatic carbocycles. The molecule has 1 saturated carbocycles. The van der Waals surface area contributed by atoms with Crippen molar-refractivity contribution in [2.45, 2.75) is 43.4 Å². The van der Waals surface area contributed by atoms with Crippen LogP contribution in [0.5, 0.6) is 0 Å². The summed E-state index contributed by atoms with van der Waals surface area (Å²) in [4.78, 5) is 23.8. The molecule has 0 unspecified atom stereocenters. The van der Waals surface area contributed by atoms with Gasteiger partial charge in [0.15, 0.2) is 11.7 Å². The normalized spacial score (nSPS) is 30.4. The van der Waals surface area contributed by atoms with E-state index in [0.29, 0.717) is 6.42 Å². The van der Waals surface area contributed by atoms with Gasteiger partial charge in [-0.15, -0.1) is 0 Å². The van der Waals surface area contributed by atoms with Gasteiger partial charge in [-0.25, -0.2) is 9.59 Å². The van der Waals surface area contributed by atoms with Crippen molar-refractivity contribution in [1.82, 2.24) is 0 Å². The number of ether oxygens (including phenoxy) is 4. The largest absolute Gasteiger partial charge is 0.509 e. The number of esters is 1. The van der Waals surface area contributed by atoms with Gasteiger partial charge in [-0.2, -0.15) is 0 Å². The Balaban J connectivity index is 1.29. The molecule has 2 heterocycles. The van der Waals surface area contributed by atoms with Gasteiger partial charge < -0.3 is 18.9 Å². The minimum absolute atomic E-state index is 0.260. The number of carbonyl (C=O) groups is 2. The van der Waals surface area contributed by atoms with E-state index in [2.05, 4.69) is 15.9 Å². The predicted octanol–water partition coefficient (Wildman–Crippen LogP) is 3.99. The van der Waals surface area contributed by atoms with Crippen LogP contribution in [-0.2, 0) is 30.3 Å². The summed E-state index contributed by atoms with van der Waals surface area (Å²) in [6.45, 7) is 0.272. The second kappa shape index (κ2) is 6.60. The van der Waals surface area contributed by atoms with E-state index in [1.165, 1.54) is 0 Å². The first-order chi connectivity index (χ1) is 13.5. The molecule has 2 aromatic rings. The van der Waals surface area contributed by atoms with Gasteiger partial charge in [0.05, 0.1) is 6.61 Å². The lowest BCUT2D eigenvalue weighted by molar-refractivity contribution is -0.162. The first-order valence-corrected chi connectivity index (χ1v) is 9.89. The van der Waals surface area contributed by atoms with Gasteiger partial charge in [-0.3, -0.25) is 0 Å². The number of hydrogen-bond acceptors (Lipinski definition) is 6. The molecule has 7 heteroatoms. The molecule has 2 bridgehead atoms. The van der Waals surface area contributed by atoms with Gasteiger partial charge in [-0.05, 0) is 28.8 Å². The number of fused-ring (bicyclic) bond motifs is 4. The number of carbonyl (C=O) groups excluding carboxylic acids is 2. The van der Waals surface area contributed by atoms with Gasteiger partial charge in [0.2, 0.25) is 0 Å². The first kappa shape index (κ1) is 17.7. The Morgan fingerprint density at radius 1 is 0.893 bits per heavy atom. The maximum atomic E-state index is 12.4. The number of halogens is 1. The molecule has 6 nitrogen and oxygen atoms in total. The topological polar surface area (TPSA) is 71.1 Å². The van der Waals surface area contributed by atoms with Crippen molar-refractivity contribution in [1.29, 1.82) is 0 Å². The van der Waals surface area contributed by atoms with E-state index in [0.717, 1.165) is 21.2 Å². The maximum absolute atomic E-state index is 12.4. The molecule has 144 valence electrons. The number of rotatable bonds is 4. The highest BCUT2D eigenvalue weighted by molar-refractivity contribution is 9.10. The van der Waals surface area contributed by atoms with Crippen LogP contribution >= 0.6 is 15.9 Å². The highest BCUT2D eigenvalue weighted by Gasteiger charge is 2.63. The van der Waals surface area contributed by atoms with E-state index in [1.807, 2.05) is 48.5 Å². The summed E-state index contributed by atoms with van der Waals surface area (Å²) in [5.74, 6) is -0.405. The van der Waals surface area contributed by atoms with E-state index in [9.17, 15) is 9.59 Å². The highest BCUT2D eigenvalue weighted by atomic mass is 79.9. The van der Waals surface area contributed by atoms with Gasteiger partial charge >= 0.3 is 12.1 Å². The van der Waals surface area contributed by atoms with Crippen molar-refractivity contribution in [3.05, 3.63) is 58.6 Å². The SMILES string of the molecule is O=C1O[C@@H]2[C@@H](C[C@]3(OCc4ccc(-c5ccc(Br)cc5)cc4)C[C@H]2OC3=O)O1. The fraction of sp³-hybridized carbons (Fsp3) is 0.333. The highest BCUT2D eigenvalue weighted by Crippen LogP contribution is 2.45. The zero-order valence-corrected chi connectivity index (χ0v) is 16.4. The van der Waals surface area contributed by atoms with Gasteiger partial charge in [0, 0.05) is 17.3 Å². The van der Waals surface area contributed by atoms with Crippen LogP contribution in [0.4, 0.5) is 4.79 Å². The molecule has 3 aliphatic rings. The van der Waals surface area contributed by atoms with Crippen molar-refractivity contribution in [3.8, 4) is 11.1 Å². The minimum atomic E-state index is -1.08. The fourth-order valence-corrected chi connectivity index (χ4v) is 4.35. The third-order valence-corrected chi connectivity index (χ3v) is 6.08. The number of hydrogen-bond donors (Lipinski definition) is 0. The summed E-state index contributed by atoms with van der Waals surface area (Å²) >= 11 is 3.44. The lowest BCUT2D eigenvalue weighted by Gasteiger charge is -2.32. The first-order valence-electron chi connectivity index (χ1n) is 9.10. The van der Waals surface area contributed by atoms with Crippen LogP contribution < -0.4 is 0 Å². The molecule has 2 aliphatic heterocycles. The molecular weight excluding hydrogens is 428 g/mol. The van der Waals surface area contributed by atoms with E-state index in [-0.39, 0.29) is 13.0 Å². The van der Waals surface area contributed by atoms with Crippen LogP contribution in [0.25, 0.3) is 11.1 Å². The Morgan fingerprint density at radius 2 is 1.50 bits per heavy atom. The van der Waals surface area contributed by atoms with Crippen molar-refractivity contribution in [2.75, 3.05) is 0 Å². The van der Waals surface area contributed by atoms with Crippen molar-refractivity contribution < 1.29 is 28.5 Å². The summed E-state index contributed by atoms with van der Waals surface area (Å²) in [6, 6.07) is 16.1. The number of benzene rings is 2. The Bertz CT molecular complexity index is 923. The molecular formula is C21H17BrO6. The molecule has 0 N–H and O–H groups in total. The van der Waals surface area contributed by atoms with Crippen LogP contribution in [0.2, 0.25) is 0 Å². The molecule has 0 amide bonds. The van der Waals surface area contributed by atoms with Crippen LogP contribution in [0.3, 0.4) is 0 Å². The lowest BCUT2D eigenvalue weighted by atomic mass is 9.82. The van der Waals surface area contributed by atoms with Gasteiger partial charge in [0.25, 0.3) is 0 Å². The summed E-state index contributed by atoms with van der Waals surface area (Å²) in [5, 5.41) is 0. The van der Waals surface area contributed by atoms with E-state index < -0.39 is 36.0 Å². The summed E-state index contributed by atoms with van der Waals surface area (Å²) < 4.78 is 22.8. The average Bonchev–Trinajstić information content (AvgIpc) is 3.20. The molecule has 28 heavy (non-hydrogen) atoms. The molecule has 0 aromatic heterocycles. The van der Waals surface area contributed by atoms with Crippen molar-refractivity contribution >= 4 is 28.1 Å². The smallest absolute Gasteiger partial charge is 0.456 e. The van der Waals surface area contributed by atoms with E-state index in [4.69, 9.17) is 18.9 Å². The monoisotopic (exact) mass is 444 g/mol. The molecule has 2 saturated heterocycles. The van der Waals surface area contributed by atoms with Crippen LogP contribution in [-0.4, -0.2) is 36.0 Å². The van der Waals surface area contributed by atoms with Crippen molar-refractivity contribution in [2.24, 2.45) is 0 Å². The second-order valence-corrected chi connectivity index (χ2v) is 8.24. The second-order valence-electron chi connectivity index (χ2n) is 7.33. The minimum Gasteiger partial charge on any atom is -0.456 e. The maximum Gasteiger partial charge on any atom is 0.509 e. The zero-order valence-electron chi connectivity index (χ0n) is 14.8. The van der Waals surface area contributed by atoms with Crippen LogP contribution in [0.1, 0.15) is 18.4 Å². The van der Waals surface area contributed by atoms with Crippen LogP contribution in [0, 0.1) is 0 Å². The standard InChI is InChI=1S/C21H17BrO6/c22-15-7-5-14(6-8-15)13-3-1-12(2-4-13)11-25-21-9-16(26-19(21)23)18-17(10-21)27-20(24)28-18/h1-8,16-18H,9-11H2/t16-,17-,18+,21-/m1/s1. The Kier molecular flexibility index (Phi) is 4.17. The predicted molar refractivity (Wildman–Crippen MR) is 101 cm³/mol. The summed E-state index contributed by atoms with van der Waals surface area (Å²) in [6.07, 6.45) is -1.61. The molecule has 5 rings (SSSR count).